The van der Waals surface area contributed by atoms with Gasteiger partial charge in [0.1, 0.15) is 5.60 Å². The number of anilines is 1. The maximum atomic E-state index is 11.6. The van der Waals surface area contributed by atoms with Crippen LogP contribution in [-0.4, -0.2) is 51.5 Å². The second kappa shape index (κ2) is 13.3. The van der Waals surface area contributed by atoms with Crippen molar-refractivity contribution in [3.63, 3.8) is 0 Å². The van der Waals surface area contributed by atoms with Crippen LogP contribution in [0.2, 0.25) is 0 Å². The summed E-state index contributed by atoms with van der Waals surface area (Å²) in [6.45, 7) is 9.15. The average Bonchev–Trinajstić information content (AvgIpc) is 2.60. The molecule has 0 radical (unpaired) electrons. The molecule has 0 atom stereocenters. The van der Waals surface area contributed by atoms with Crippen LogP contribution in [0.5, 0.6) is 11.5 Å². The van der Waals surface area contributed by atoms with E-state index in [1.807, 2.05) is 45.9 Å². The number of ether oxygens (including phenoxy) is 3. The molecule has 0 bridgehead atoms. The average molecular weight is 508 g/mol. The SMILES string of the molecule is CCOc1ccc(NC(=NC)NCCCNC(=O)OC(C)(C)C)cc1OC.I. The lowest BCUT2D eigenvalue weighted by atomic mass is 10.2. The molecule has 9 heteroatoms. The minimum Gasteiger partial charge on any atom is -0.493 e. The van der Waals surface area contributed by atoms with Crippen LogP contribution < -0.4 is 25.4 Å². The van der Waals surface area contributed by atoms with Crippen molar-refractivity contribution in [1.29, 1.82) is 0 Å². The first-order chi connectivity index (χ1) is 12.8. The maximum Gasteiger partial charge on any atom is 0.407 e. The van der Waals surface area contributed by atoms with Gasteiger partial charge in [0, 0.05) is 31.9 Å². The van der Waals surface area contributed by atoms with Crippen molar-refractivity contribution in [2.24, 2.45) is 4.99 Å². The Labute approximate surface area is 184 Å². The first-order valence-electron chi connectivity index (χ1n) is 9.04. The van der Waals surface area contributed by atoms with Crippen LogP contribution in [0.25, 0.3) is 0 Å². The summed E-state index contributed by atoms with van der Waals surface area (Å²) in [5, 5.41) is 9.11. The quantitative estimate of drug-likeness (QED) is 0.215. The van der Waals surface area contributed by atoms with Crippen LogP contribution in [0, 0.1) is 0 Å². The number of nitrogens with one attached hydrogen (secondary N) is 3. The zero-order valence-electron chi connectivity index (χ0n) is 17.5. The van der Waals surface area contributed by atoms with E-state index in [0.717, 1.165) is 12.1 Å². The molecule has 160 valence electrons. The Morgan fingerprint density at radius 1 is 1.14 bits per heavy atom. The van der Waals surface area contributed by atoms with Gasteiger partial charge in [0.25, 0.3) is 0 Å². The highest BCUT2D eigenvalue weighted by Gasteiger charge is 2.15. The third-order valence-corrected chi connectivity index (χ3v) is 3.26. The van der Waals surface area contributed by atoms with E-state index in [-0.39, 0.29) is 24.0 Å². The lowest BCUT2D eigenvalue weighted by molar-refractivity contribution is 0.0527. The Balaban J connectivity index is 0.00000729. The summed E-state index contributed by atoms with van der Waals surface area (Å²) in [6.07, 6.45) is 0.318. The van der Waals surface area contributed by atoms with Gasteiger partial charge in [0.2, 0.25) is 0 Å². The molecule has 0 aliphatic carbocycles. The number of methoxy groups -OCH3 is 1. The van der Waals surface area contributed by atoms with Crippen LogP contribution in [0.3, 0.4) is 0 Å². The molecule has 1 aromatic carbocycles. The molecule has 1 rings (SSSR count). The summed E-state index contributed by atoms with van der Waals surface area (Å²) in [4.78, 5) is 15.8. The Kier molecular flexibility index (Phi) is 12.4. The molecule has 8 nitrogen and oxygen atoms in total. The number of hydrogen-bond donors (Lipinski definition) is 3. The second-order valence-corrected chi connectivity index (χ2v) is 6.70. The fourth-order valence-electron chi connectivity index (χ4n) is 2.14. The molecule has 3 N–H and O–H groups in total. The number of benzene rings is 1. The number of halogens is 1. The Bertz CT molecular complexity index is 633. The largest absolute Gasteiger partial charge is 0.493 e. The van der Waals surface area contributed by atoms with E-state index >= 15 is 0 Å². The lowest BCUT2D eigenvalue weighted by Crippen LogP contribution is -2.35. The highest BCUT2D eigenvalue weighted by atomic mass is 127. The lowest BCUT2D eigenvalue weighted by Gasteiger charge is -2.19. The third-order valence-electron chi connectivity index (χ3n) is 3.26. The zero-order valence-corrected chi connectivity index (χ0v) is 19.9. The van der Waals surface area contributed by atoms with Crippen molar-refractivity contribution in [3.8, 4) is 11.5 Å². The molecule has 0 heterocycles. The zero-order chi connectivity index (χ0) is 20.3. The van der Waals surface area contributed by atoms with Crippen molar-refractivity contribution in [3.05, 3.63) is 18.2 Å². The molecule has 0 aromatic heterocycles. The molecule has 1 aromatic rings. The first kappa shape index (κ1) is 26.1. The molecular formula is C19H33IN4O4. The first-order valence-corrected chi connectivity index (χ1v) is 9.04. The van der Waals surface area contributed by atoms with E-state index in [1.165, 1.54) is 0 Å². The van der Waals surface area contributed by atoms with E-state index < -0.39 is 11.7 Å². The van der Waals surface area contributed by atoms with Crippen molar-refractivity contribution in [2.75, 3.05) is 39.2 Å². The molecule has 28 heavy (non-hydrogen) atoms. The molecule has 0 spiro atoms. The fraction of sp³-hybridized carbons (Fsp3) is 0.579. The van der Waals surface area contributed by atoms with Crippen molar-refractivity contribution in [2.45, 2.75) is 39.7 Å². The Morgan fingerprint density at radius 3 is 2.39 bits per heavy atom. The number of guanidine groups is 1. The predicted molar refractivity (Wildman–Crippen MR) is 123 cm³/mol. The summed E-state index contributed by atoms with van der Waals surface area (Å²) in [6, 6.07) is 5.59. The molecule has 0 saturated carbocycles. The standard InChI is InChI=1S/C19H32N4O4.HI/c1-7-26-15-10-9-14(13-16(15)25-6)23-17(20-5)21-11-8-12-22-18(24)27-19(2,3)4;/h9-10,13H,7-8,11-12H2,1-6H3,(H,22,24)(H2,20,21,23);1H. The number of rotatable bonds is 8. The number of aliphatic imine (C=N–C) groups is 1. The monoisotopic (exact) mass is 508 g/mol. The van der Waals surface area contributed by atoms with Gasteiger partial charge in [-0.1, -0.05) is 0 Å². The summed E-state index contributed by atoms with van der Waals surface area (Å²) >= 11 is 0. The second-order valence-electron chi connectivity index (χ2n) is 6.70. The maximum absolute atomic E-state index is 11.6. The van der Waals surface area contributed by atoms with Gasteiger partial charge in [-0.15, -0.1) is 24.0 Å². The molecule has 0 unspecified atom stereocenters. The molecule has 0 fully saturated rings. The van der Waals surface area contributed by atoms with E-state index in [4.69, 9.17) is 14.2 Å². The van der Waals surface area contributed by atoms with Crippen LogP contribution in [0.1, 0.15) is 34.1 Å². The minimum atomic E-state index is -0.493. The Morgan fingerprint density at radius 2 is 1.82 bits per heavy atom. The molecular weight excluding hydrogens is 475 g/mol. The van der Waals surface area contributed by atoms with E-state index in [1.54, 1.807) is 14.2 Å². The van der Waals surface area contributed by atoms with Gasteiger partial charge in [-0.3, -0.25) is 4.99 Å². The highest BCUT2D eigenvalue weighted by molar-refractivity contribution is 14.0. The number of carbonyl (C=O) groups is 1. The summed E-state index contributed by atoms with van der Waals surface area (Å²) in [7, 11) is 3.30. The number of hydrogen-bond acceptors (Lipinski definition) is 5. The van der Waals surface area contributed by atoms with E-state index in [2.05, 4.69) is 20.9 Å². The van der Waals surface area contributed by atoms with Crippen molar-refractivity contribution in [1.82, 2.24) is 10.6 Å². The van der Waals surface area contributed by atoms with Gasteiger partial charge >= 0.3 is 6.09 Å². The minimum absolute atomic E-state index is 0. The summed E-state index contributed by atoms with van der Waals surface area (Å²) in [5.41, 5.74) is 0.336. The summed E-state index contributed by atoms with van der Waals surface area (Å²) in [5.74, 6) is 1.97. The fourth-order valence-corrected chi connectivity index (χ4v) is 2.14. The normalized spacial score (nSPS) is 11.1. The van der Waals surface area contributed by atoms with Crippen LogP contribution in [0.15, 0.2) is 23.2 Å². The van der Waals surface area contributed by atoms with Crippen LogP contribution in [0.4, 0.5) is 10.5 Å². The smallest absolute Gasteiger partial charge is 0.407 e. The van der Waals surface area contributed by atoms with Crippen molar-refractivity contribution < 1.29 is 19.0 Å². The van der Waals surface area contributed by atoms with Crippen LogP contribution >= 0.6 is 24.0 Å². The van der Waals surface area contributed by atoms with E-state index in [0.29, 0.717) is 37.2 Å². The van der Waals surface area contributed by atoms with E-state index in [9.17, 15) is 4.79 Å². The highest BCUT2D eigenvalue weighted by Crippen LogP contribution is 2.30. The topological polar surface area (TPSA) is 93.2 Å². The predicted octanol–water partition coefficient (Wildman–Crippen LogP) is 3.61. The van der Waals surface area contributed by atoms with Crippen LogP contribution in [-0.2, 0) is 4.74 Å². The summed E-state index contributed by atoms with van der Waals surface area (Å²) < 4.78 is 16.0. The van der Waals surface area contributed by atoms with Gasteiger partial charge in [-0.05, 0) is 46.2 Å². The van der Waals surface area contributed by atoms with Gasteiger partial charge in [-0.25, -0.2) is 4.79 Å². The number of amides is 1. The van der Waals surface area contributed by atoms with Crippen molar-refractivity contribution >= 4 is 41.7 Å². The Hall–Kier alpha value is -1.91. The van der Waals surface area contributed by atoms with Gasteiger partial charge in [-0.2, -0.15) is 0 Å². The van der Waals surface area contributed by atoms with Gasteiger partial charge in [0.05, 0.1) is 13.7 Å². The van der Waals surface area contributed by atoms with Gasteiger partial charge < -0.3 is 30.2 Å². The number of nitrogens with zero attached hydrogens (tertiary/aromatic N) is 1. The number of carbonyl (C=O) groups excluding carboxylic acids is 1. The number of alkyl carbamates (subject to hydrolysis) is 1. The molecule has 0 aliphatic rings. The molecule has 0 aliphatic heterocycles. The molecule has 1 amide bonds. The molecule has 0 saturated heterocycles. The third kappa shape index (κ3) is 10.4. The van der Waals surface area contributed by atoms with Gasteiger partial charge in [0.15, 0.2) is 17.5 Å².